The van der Waals surface area contributed by atoms with Crippen molar-refractivity contribution in [2.75, 3.05) is 6.61 Å². The van der Waals surface area contributed by atoms with Gasteiger partial charge in [-0.1, -0.05) is 0 Å². The van der Waals surface area contributed by atoms with Crippen LogP contribution in [0.15, 0.2) is 23.0 Å². The molecule has 1 aromatic heterocycles. The maximum Gasteiger partial charge on any atom is 0.264 e. The minimum atomic E-state index is -0.120. The van der Waals surface area contributed by atoms with Crippen molar-refractivity contribution in [3.8, 4) is 17.0 Å². The summed E-state index contributed by atoms with van der Waals surface area (Å²) in [7, 11) is 0. The number of rotatable bonds is 3. The highest BCUT2D eigenvalue weighted by Crippen LogP contribution is 2.28. The van der Waals surface area contributed by atoms with Crippen molar-refractivity contribution in [3.05, 3.63) is 39.7 Å². The van der Waals surface area contributed by atoms with Crippen molar-refractivity contribution in [3.63, 3.8) is 0 Å². The molecule has 0 atom stereocenters. The summed E-state index contributed by atoms with van der Waals surface area (Å²) >= 11 is 0. The summed E-state index contributed by atoms with van der Waals surface area (Å²) in [6.07, 6.45) is 0. The van der Waals surface area contributed by atoms with Gasteiger partial charge in [-0.05, 0) is 44.0 Å². The molecule has 0 radical (unpaired) electrons. The highest BCUT2D eigenvalue weighted by molar-refractivity contribution is 5.66. The van der Waals surface area contributed by atoms with Crippen LogP contribution in [0.25, 0.3) is 11.3 Å². The van der Waals surface area contributed by atoms with Crippen molar-refractivity contribution in [2.24, 2.45) is 0 Å². The van der Waals surface area contributed by atoms with Gasteiger partial charge in [-0.25, -0.2) is 0 Å². The van der Waals surface area contributed by atoms with Crippen molar-refractivity contribution in [1.29, 1.82) is 0 Å². The van der Waals surface area contributed by atoms with Gasteiger partial charge in [0.05, 0.1) is 12.3 Å². The highest BCUT2D eigenvalue weighted by Gasteiger charge is 2.08. The molecule has 0 aliphatic heterocycles. The van der Waals surface area contributed by atoms with Gasteiger partial charge in [-0.15, -0.1) is 0 Å². The van der Waals surface area contributed by atoms with Crippen molar-refractivity contribution >= 4 is 0 Å². The molecule has 0 aliphatic carbocycles. The van der Waals surface area contributed by atoms with Crippen LogP contribution in [0.4, 0.5) is 0 Å². The van der Waals surface area contributed by atoms with Crippen molar-refractivity contribution in [2.45, 2.75) is 20.8 Å². The maximum absolute atomic E-state index is 11.1. The van der Waals surface area contributed by atoms with E-state index in [4.69, 9.17) is 4.74 Å². The van der Waals surface area contributed by atoms with Crippen LogP contribution in [0.1, 0.15) is 18.1 Å². The van der Waals surface area contributed by atoms with E-state index in [0.717, 1.165) is 28.1 Å². The zero-order chi connectivity index (χ0) is 12.4. The molecular weight excluding hydrogens is 216 g/mol. The number of hydrogen-bond acceptors (Lipinski definition) is 2. The van der Waals surface area contributed by atoms with Crippen LogP contribution >= 0.6 is 0 Å². The topological polar surface area (TPSA) is 57.9 Å². The van der Waals surface area contributed by atoms with Gasteiger partial charge >= 0.3 is 0 Å². The first-order valence-electron chi connectivity index (χ1n) is 5.64. The Hall–Kier alpha value is -1.97. The Morgan fingerprint density at radius 1 is 1.12 bits per heavy atom. The van der Waals surface area contributed by atoms with Crippen molar-refractivity contribution in [1.82, 2.24) is 10.2 Å². The van der Waals surface area contributed by atoms with Gasteiger partial charge in [-0.3, -0.25) is 15.0 Å². The number of aryl methyl sites for hydroxylation is 2. The van der Waals surface area contributed by atoms with Crippen LogP contribution in [-0.4, -0.2) is 16.8 Å². The molecule has 0 bridgehead atoms. The smallest absolute Gasteiger partial charge is 0.264 e. The minimum absolute atomic E-state index is 0.120. The van der Waals surface area contributed by atoms with Crippen molar-refractivity contribution < 1.29 is 4.74 Å². The van der Waals surface area contributed by atoms with E-state index < -0.39 is 0 Å². The third kappa shape index (κ3) is 2.25. The Morgan fingerprint density at radius 2 is 1.88 bits per heavy atom. The van der Waals surface area contributed by atoms with E-state index in [0.29, 0.717) is 6.61 Å². The molecule has 4 nitrogen and oxygen atoms in total. The van der Waals surface area contributed by atoms with E-state index >= 15 is 0 Å². The second-order valence-corrected chi connectivity index (χ2v) is 4.04. The number of aromatic amines is 2. The molecule has 2 rings (SSSR count). The monoisotopic (exact) mass is 232 g/mol. The molecule has 0 saturated carbocycles. The number of hydrogen-bond donors (Lipinski definition) is 2. The number of nitrogens with one attached hydrogen (secondary N) is 2. The predicted molar refractivity (Wildman–Crippen MR) is 67.5 cm³/mol. The van der Waals surface area contributed by atoms with Gasteiger partial charge in [0.2, 0.25) is 0 Å². The first-order chi connectivity index (χ1) is 8.11. The van der Waals surface area contributed by atoms with Gasteiger partial charge in [0, 0.05) is 11.6 Å². The number of ether oxygens (including phenoxy) is 1. The SMILES string of the molecule is CCOc1cc(C)c(-c2cc(=O)[nH][nH]2)cc1C. The Morgan fingerprint density at radius 3 is 2.47 bits per heavy atom. The average molecular weight is 232 g/mol. The Labute approximate surface area is 99.6 Å². The fraction of sp³-hybridized carbons (Fsp3) is 0.308. The Balaban J connectivity index is 2.49. The summed E-state index contributed by atoms with van der Waals surface area (Å²) < 4.78 is 5.53. The lowest BCUT2D eigenvalue weighted by molar-refractivity contribution is 0.337. The predicted octanol–water partition coefficient (Wildman–Crippen LogP) is 2.39. The third-order valence-electron chi connectivity index (χ3n) is 2.71. The van der Waals surface area contributed by atoms with Crippen LogP contribution in [-0.2, 0) is 0 Å². The van der Waals surface area contributed by atoms with E-state index in [2.05, 4.69) is 10.2 Å². The standard InChI is InChI=1S/C13H16N2O2/c1-4-17-12-6-8(2)10(5-9(12)3)11-7-13(16)15-14-11/h5-7H,4H2,1-3H3,(H2,14,15,16). The van der Waals surface area contributed by atoms with Crippen LogP contribution in [0.5, 0.6) is 5.75 Å². The molecule has 17 heavy (non-hydrogen) atoms. The normalized spacial score (nSPS) is 10.5. The highest BCUT2D eigenvalue weighted by atomic mass is 16.5. The summed E-state index contributed by atoms with van der Waals surface area (Å²) in [5, 5.41) is 5.40. The lowest BCUT2D eigenvalue weighted by Gasteiger charge is -2.11. The largest absolute Gasteiger partial charge is 0.494 e. The molecule has 0 unspecified atom stereocenters. The lowest BCUT2D eigenvalue weighted by Crippen LogP contribution is -1.96. The summed E-state index contributed by atoms with van der Waals surface area (Å²) in [6, 6.07) is 5.58. The van der Waals surface area contributed by atoms with E-state index in [1.54, 1.807) is 6.07 Å². The molecule has 1 heterocycles. The quantitative estimate of drug-likeness (QED) is 0.853. The van der Waals surface area contributed by atoms with E-state index in [1.165, 1.54) is 0 Å². The maximum atomic E-state index is 11.1. The summed E-state index contributed by atoms with van der Waals surface area (Å²) in [5.41, 5.74) is 3.85. The molecule has 0 amide bonds. The zero-order valence-corrected chi connectivity index (χ0v) is 10.3. The molecule has 0 aliphatic rings. The number of aromatic nitrogens is 2. The third-order valence-corrected chi connectivity index (χ3v) is 2.71. The second-order valence-electron chi connectivity index (χ2n) is 4.04. The second kappa shape index (κ2) is 4.49. The van der Waals surface area contributed by atoms with Crippen LogP contribution in [0, 0.1) is 13.8 Å². The van der Waals surface area contributed by atoms with Gasteiger partial charge in [0.25, 0.3) is 5.56 Å². The van der Waals surface area contributed by atoms with Gasteiger partial charge < -0.3 is 4.74 Å². The van der Waals surface area contributed by atoms with Gasteiger partial charge in [0.1, 0.15) is 5.75 Å². The van der Waals surface area contributed by atoms with E-state index in [1.807, 2.05) is 32.9 Å². The first-order valence-corrected chi connectivity index (χ1v) is 5.64. The van der Waals surface area contributed by atoms with E-state index in [9.17, 15) is 4.79 Å². The number of benzene rings is 1. The van der Waals surface area contributed by atoms with E-state index in [-0.39, 0.29) is 5.56 Å². The summed E-state index contributed by atoms with van der Waals surface area (Å²) in [6.45, 7) is 6.62. The van der Waals surface area contributed by atoms with Gasteiger partial charge in [0.15, 0.2) is 0 Å². The fourth-order valence-electron chi connectivity index (χ4n) is 1.87. The molecule has 90 valence electrons. The Bertz CT molecular complexity index is 581. The Kier molecular flexibility index (Phi) is 3.04. The first kappa shape index (κ1) is 11.5. The molecule has 0 spiro atoms. The number of H-pyrrole nitrogens is 2. The van der Waals surface area contributed by atoms with Crippen LogP contribution < -0.4 is 10.3 Å². The summed E-state index contributed by atoms with van der Waals surface area (Å²) in [4.78, 5) is 11.1. The molecular formula is C13H16N2O2. The molecule has 0 saturated heterocycles. The zero-order valence-electron chi connectivity index (χ0n) is 10.3. The fourth-order valence-corrected chi connectivity index (χ4v) is 1.87. The lowest BCUT2D eigenvalue weighted by atomic mass is 10.0. The van der Waals surface area contributed by atoms with Gasteiger partial charge in [-0.2, -0.15) is 0 Å². The molecule has 2 aromatic rings. The molecule has 4 heteroatoms. The summed E-state index contributed by atoms with van der Waals surface area (Å²) in [5.74, 6) is 0.895. The minimum Gasteiger partial charge on any atom is -0.494 e. The van der Waals surface area contributed by atoms with Crippen LogP contribution in [0.3, 0.4) is 0 Å². The average Bonchev–Trinajstić information content (AvgIpc) is 2.70. The molecule has 0 fully saturated rings. The molecule has 1 aromatic carbocycles. The van der Waals surface area contributed by atoms with Crippen LogP contribution in [0.2, 0.25) is 0 Å². The molecule has 2 N–H and O–H groups in total.